The molecular formula is C20H25N3O5S. The number of fused-ring (bicyclic) bond motifs is 4. The van der Waals surface area contributed by atoms with E-state index in [0.717, 1.165) is 18.4 Å². The van der Waals surface area contributed by atoms with Gasteiger partial charge in [-0.3, -0.25) is 0 Å². The monoisotopic (exact) mass is 419 g/mol. The fraction of sp³-hybridized carbons (Fsp3) is 0.550. The quantitative estimate of drug-likeness (QED) is 0.802. The molecule has 1 aromatic heterocycles. The minimum absolute atomic E-state index is 0.0716. The van der Waals surface area contributed by atoms with Crippen molar-refractivity contribution in [2.75, 3.05) is 19.7 Å². The van der Waals surface area contributed by atoms with Gasteiger partial charge in [0.1, 0.15) is 5.60 Å². The molecule has 2 saturated heterocycles. The number of aromatic hydroxyl groups is 1. The Hall–Kier alpha value is -2.10. The summed E-state index contributed by atoms with van der Waals surface area (Å²) < 4.78 is 41.6. The second-order valence-electron chi connectivity index (χ2n) is 8.18. The van der Waals surface area contributed by atoms with E-state index in [0.29, 0.717) is 38.3 Å². The highest BCUT2D eigenvalue weighted by molar-refractivity contribution is 7.89. The molecule has 0 aliphatic carbocycles. The Morgan fingerprint density at radius 1 is 1.28 bits per heavy atom. The first-order valence-corrected chi connectivity index (χ1v) is 11.5. The first-order valence-electron chi connectivity index (χ1n) is 10.0. The SMILES string of the molecule is Cn1cnc(S(=O)(=O)N2CCC3(CC2)Oc2c(O)cccc2[C@H]2OCCC[C@@H]23)c1. The van der Waals surface area contributed by atoms with Gasteiger partial charge in [-0.05, 0) is 18.9 Å². The molecule has 2 atom stereocenters. The van der Waals surface area contributed by atoms with Crippen molar-refractivity contribution in [1.82, 2.24) is 13.9 Å². The molecule has 29 heavy (non-hydrogen) atoms. The van der Waals surface area contributed by atoms with Crippen LogP contribution in [0.5, 0.6) is 11.5 Å². The number of imidazole rings is 1. The number of hydrogen-bond acceptors (Lipinski definition) is 6. The van der Waals surface area contributed by atoms with Crippen molar-refractivity contribution in [2.24, 2.45) is 13.0 Å². The third-order valence-electron chi connectivity index (χ3n) is 6.49. The molecule has 3 aliphatic rings. The molecule has 0 bridgehead atoms. The van der Waals surface area contributed by atoms with Gasteiger partial charge in [0.25, 0.3) is 10.0 Å². The van der Waals surface area contributed by atoms with Crippen LogP contribution >= 0.6 is 0 Å². The van der Waals surface area contributed by atoms with Gasteiger partial charge in [-0.15, -0.1) is 0 Å². The number of hydrogen-bond donors (Lipinski definition) is 1. The van der Waals surface area contributed by atoms with E-state index in [2.05, 4.69) is 4.98 Å². The van der Waals surface area contributed by atoms with Gasteiger partial charge in [-0.25, -0.2) is 13.4 Å². The van der Waals surface area contributed by atoms with E-state index < -0.39 is 15.6 Å². The van der Waals surface area contributed by atoms with E-state index in [1.807, 2.05) is 12.1 Å². The van der Waals surface area contributed by atoms with E-state index in [1.165, 1.54) is 16.8 Å². The molecule has 1 aromatic carbocycles. The standard InChI is InChI=1S/C20H25N3O5S/c1-22-12-17(21-13-22)29(25,26)23-9-7-20(8-10-23)15-5-3-11-27-18(15)14-4-2-6-16(24)19(14)28-20/h2,4,6,12-13,15,18,24H,3,5,7-11H2,1H3/t15-,18+/m0/s1. The van der Waals surface area contributed by atoms with E-state index in [4.69, 9.17) is 9.47 Å². The zero-order valence-corrected chi connectivity index (χ0v) is 17.1. The van der Waals surface area contributed by atoms with E-state index in [1.54, 1.807) is 17.7 Å². The van der Waals surface area contributed by atoms with Crippen molar-refractivity contribution in [3.63, 3.8) is 0 Å². The van der Waals surface area contributed by atoms with E-state index in [-0.39, 0.29) is 22.8 Å². The highest BCUT2D eigenvalue weighted by Gasteiger charge is 2.54. The van der Waals surface area contributed by atoms with Gasteiger partial charge in [0.2, 0.25) is 0 Å². The number of piperidine rings is 1. The van der Waals surface area contributed by atoms with Crippen LogP contribution in [-0.4, -0.2) is 52.7 Å². The minimum Gasteiger partial charge on any atom is -0.504 e. The summed E-state index contributed by atoms with van der Waals surface area (Å²) in [5.41, 5.74) is 0.358. The average Bonchev–Trinajstić information content (AvgIpc) is 3.17. The minimum atomic E-state index is -3.63. The topological polar surface area (TPSA) is 93.9 Å². The van der Waals surface area contributed by atoms with Gasteiger partial charge in [0.05, 0.1) is 12.4 Å². The van der Waals surface area contributed by atoms with Gasteiger partial charge >= 0.3 is 0 Å². The molecule has 0 radical (unpaired) electrons. The Morgan fingerprint density at radius 3 is 2.79 bits per heavy atom. The summed E-state index contributed by atoms with van der Waals surface area (Å²) in [6.45, 7) is 1.39. The molecule has 3 aliphatic heterocycles. The molecule has 0 saturated carbocycles. The number of ether oxygens (including phenoxy) is 2. The van der Waals surface area contributed by atoms with Crippen LogP contribution in [0.25, 0.3) is 0 Å². The van der Waals surface area contributed by atoms with Crippen LogP contribution in [0.15, 0.2) is 35.7 Å². The lowest BCUT2D eigenvalue weighted by Crippen LogP contribution is -2.57. The molecule has 0 unspecified atom stereocenters. The Kier molecular flexibility index (Phi) is 4.38. The number of nitrogens with zero attached hydrogens (tertiary/aromatic N) is 3. The molecule has 2 fully saturated rings. The second kappa shape index (κ2) is 6.72. The van der Waals surface area contributed by atoms with E-state index >= 15 is 0 Å². The molecule has 9 heteroatoms. The van der Waals surface area contributed by atoms with Crippen molar-refractivity contribution in [3.05, 3.63) is 36.3 Å². The highest BCUT2D eigenvalue weighted by atomic mass is 32.2. The summed E-state index contributed by atoms with van der Waals surface area (Å²) in [5.74, 6) is 0.736. The zero-order chi connectivity index (χ0) is 20.2. The van der Waals surface area contributed by atoms with Gasteiger partial charge in [-0.2, -0.15) is 4.31 Å². The van der Waals surface area contributed by atoms with Crippen LogP contribution in [0.4, 0.5) is 0 Å². The molecule has 5 rings (SSSR count). The normalized spacial score (nSPS) is 26.5. The van der Waals surface area contributed by atoms with Gasteiger partial charge < -0.3 is 19.1 Å². The molecular weight excluding hydrogens is 394 g/mol. The second-order valence-corrected chi connectivity index (χ2v) is 10.1. The molecule has 1 N–H and O–H groups in total. The third-order valence-corrected chi connectivity index (χ3v) is 8.27. The number of benzene rings is 1. The average molecular weight is 420 g/mol. The number of aromatic nitrogens is 2. The van der Waals surface area contributed by atoms with Crippen molar-refractivity contribution < 1.29 is 23.0 Å². The van der Waals surface area contributed by atoms with Gasteiger partial charge in [0, 0.05) is 57.3 Å². The van der Waals surface area contributed by atoms with Crippen LogP contribution in [0.3, 0.4) is 0 Å². The zero-order valence-electron chi connectivity index (χ0n) is 16.3. The predicted molar refractivity (Wildman–Crippen MR) is 104 cm³/mol. The number of aryl methyl sites for hydroxylation is 1. The van der Waals surface area contributed by atoms with Crippen molar-refractivity contribution in [1.29, 1.82) is 0 Å². The number of phenols is 1. The summed E-state index contributed by atoms with van der Waals surface area (Å²) in [4.78, 5) is 4.02. The van der Waals surface area contributed by atoms with Crippen molar-refractivity contribution in [2.45, 2.75) is 42.4 Å². The Balaban J connectivity index is 1.44. The molecule has 0 amide bonds. The van der Waals surface area contributed by atoms with Crippen molar-refractivity contribution >= 4 is 10.0 Å². The van der Waals surface area contributed by atoms with Crippen molar-refractivity contribution in [3.8, 4) is 11.5 Å². The van der Waals surface area contributed by atoms with Gasteiger partial charge in [-0.1, -0.05) is 12.1 Å². The summed E-state index contributed by atoms with van der Waals surface area (Å²) in [7, 11) is -1.88. The lowest BCUT2D eigenvalue weighted by atomic mass is 9.70. The third kappa shape index (κ3) is 2.94. The largest absolute Gasteiger partial charge is 0.504 e. The lowest BCUT2D eigenvalue weighted by Gasteiger charge is -2.53. The maximum atomic E-state index is 13.0. The van der Waals surface area contributed by atoms with Gasteiger partial charge in [0.15, 0.2) is 16.5 Å². The molecule has 2 aromatic rings. The number of phenolic OH excluding ortho intramolecular Hbond substituents is 1. The maximum Gasteiger partial charge on any atom is 0.262 e. The number of para-hydroxylation sites is 1. The van der Waals surface area contributed by atoms with Crippen LogP contribution in [0.2, 0.25) is 0 Å². The highest BCUT2D eigenvalue weighted by Crippen LogP contribution is 2.55. The fourth-order valence-corrected chi connectivity index (χ4v) is 6.42. The Bertz CT molecular complexity index is 1030. The Morgan fingerprint density at radius 2 is 2.07 bits per heavy atom. The van der Waals surface area contributed by atoms with Crippen LogP contribution in [0.1, 0.15) is 37.4 Å². The first kappa shape index (κ1) is 18.9. The summed E-state index contributed by atoms with van der Waals surface area (Å²) in [5, 5.41) is 10.5. The first-order chi connectivity index (χ1) is 13.9. The smallest absolute Gasteiger partial charge is 0.262 e. The molecule has 1 spiro atoms. The fourth-order valence-electron chi connectivity index (χ4n) is 5.02. The molecule has 4 heterocycles. The van der Waals surface area contributed by atoms with Crippen LogP contribution in [-0.2, 0) is 21.8 Å². The predicted octanol–water partition coefficient (Wildman–Crippen LogP) is 2.21. The van der Waals surface area contributed by atoms with E-state index in [9.17, 15) is 13.5 Å². The lowest BCUT2D eigenvalue weighted by molar-refractivity contribution is -0.146. The summed E-state index contributed by atoms with van der Waals surface area (Å²) in [6, 6.07) is 5.38. The molecule has 8 nitrogen and oxygen atoms in total. The number of rotatable bonds is 2. The summed E-state index contributed by atoms with van der Waals surface area (Å²) in [6.07, 6.45) is 5.92. The number of sulfonamides is 1. The maximum absolute atomic E-state index is 13.0. The Labute approximate surface area is 170 Å². The summed E-state index contributed by atoms with van der Waals surface area (Å²) >= 11 is 0. The molecule has 156 valence electrons. The van der Waals surface area contributed by atoms with Crippen LogP contribution in [0, 0.1) is 5.92 Å². The van der Waals surface area contributed by atoms with Crippen LogP contribution < -0.4 is 4.74 Å².